The number of methoxy groups -OCH3 is 1. The first-order chi connectivity index (χ1) is 8.23. The van der Waals surface area contributed by atoms with Crippen LogP contribution in [0.3, 0.4) is 0 Å². The summed E-state index contributed by atoms with van der Waals surface area (Å²) in [4.78, 5) is 0. The Labute approximate surface area is 111 Å². The molecule has 0 heterocycles. The molecule has 0 fully saturated rings. The second-order valence-electron chi connectivity index (χ2n) is 4.84. The van der Waals surface area contributed by atoms with E-state index in [-0.39, 0.29) is 6.04 Å². The molecule has 0 aromatic heterocycles. The second kappa shape index (κ2) is 8.06. The first kappa shape index (κ1) is 17.8. The molecule has 0 aliphatic carbocycles. The summed E-state index contributed by atoms with van der Waals surface area (Å²) in [7, 11) is 1.27. The molecule has 7 heteroatoms. The van der Waals surface area contributed by atoms with E-state index in [1.807, 2.05) is 13.8 Å². The van der Waals surface area contributed by atoms with Crippen LogP contribution in [0.15, 0.2) is 0 Å². The van der Waals surface area contributed by atoms with Crippen molar-refractivity contribution in [2.45, 2.75) is 26.3 Å². The molecular weight excluding hydrogens is 254 g/mol. The van der Waals surface area contributed by atoms with Crippen molar-refractivity contribution >= 4 is 10.2 Å². The monoisotopic (exact) mass is 281 g/mol. The zero-order chi connectivity index (χ0) is 14.3. The average Bonchev–Trinajstić information content (AvgIpc) is 2.31. The van der Waals surface area contributed by atoms with Crippen LogP contribution in [0.25, 0.3) is 0 Å². The maximum atomic E-state index is 12.1. The van der Waals surface area contributed by atoms with Crippen molar-refractivity contribution in [3.05, 3.63) is 0 Å². The van der Waals surface area contributed by atoms with Gasteiger partial charge in [0, 0.05) is 40.3 Å². The predicted molar refractivity (Wildman–Crippen MR) is 73.5 cm³/mol. The van der Waals surface area contributed by atoms with Crippen LogP contribution in [0.4, 0.5) is 0 Å². The van der Waals surface area contributed by atoms with E-state index in [4.69, 9.17) is 10.5 Å². The summed E-state index contributed by atoms with van der Waals surface area (Å²) >= 11 is 0. The van der Waals surface area contributed by atoms with Gasteiger partial charge < -0.3 is 10.5 Å². The van der Waals surface area contributed by atoms with E-state index < -0.39 is 10.2 Å². The summed E-state index contributed by atoms with van der Waals surface area (Å²) in [5.74, 6) is 0.354. The predicted octanol–water partition coefficient (Wildman–Crippen LogP) is 0.115. The number of nitrogens with two attached hydrogens (primary N) is 1. The minimum Gasteiger partial charge on any atom is -0.383 e. The molecule has 110 valence electrons. The summed E-state index contributed by atoms with van der Waals surface area (Å²) in [6, 6.07) is 0.0203. The second-order valence-corrected chi connectivity index (χ2v) is 6.98. The Hall–Kier alpha value is -0.210. The van der Waals surface area contributed by atoms with Gasteiger partial charge >= 0.3 is 0 Å². The Morgan fingerprint density at radius 1 is 1.17 bits per heavy atom. The lowest BCUT2D eigenvalue weighted by Crippen LogP contribution is -2.43. The van der Waals surface area contributed by atoms with Gasteiger partial charge in [0.2, 0.25) is 0 Å². The Morgan fingerprint density at radius 2 is 1.67 bits per heavy atom. The fourth-order valence-corrected chi connectivity index (χ4v) is 2.47. The summed E-state index contributed by atoms with van der Waals surface area (Å²) < 4.78 is 31.6. The molecule has 0 rings (SSSR count). The zero-order valence-electron chi connectivity index (χ0n) is 12.1. The highest BCUT2D eigenvalue weighted by atomic mass is 32.2. The van der Waals surface area contributed by atoms with Gasteiger partial charge in [-0.25, -0.2) is 0 Å². The van der Waals surface area contributed by atoms with Gasteiger partial charge in [0.1, 0.15) is 0 Å². The molecule has 1 atom stereocenters. The number of rotatable bonds is 9. The molecule has 0 saturated carbocycles. The normalized spacial score (nSPS) is 14.7. The van der Waals surface area contributed by atoms with Crippen molar-refractivity contribution in [3.63, 3.8) is 0 Å². The largest absolute Gasteiger partial charge is 0.383 e. The van der Waals surface area contributed by atoms with Crippen LogP contribution in [0.2, 0.25) is 0 Å². The number of hydrogen-bond acceptors (Lipinski definition) is 4. The van der Waals surface area contributed by atoms with E-state index in [1.54, 1.807) is 21.2 Å². The molecular formula is C11H27N3O3S. The van der Waals surface area contributed by atoms with Crippen LogP contribution in [0.5, 0.6) is 0 Å². The molecule has 18 heavy (non-hydrogen) atoms. The van der Waals surface area contributed by atoms with Gasteiger partial charge in [0.25, 0.3) is 10.2 Å². The molecule has 0 aromatic rings. The molecule has 2 N–H and O–H groups in total. The van der Waals surface area contributed by atoms with E-state index >= 15 is 0 Å². The topological polar surface area (TPSA) is 75.9 Å². The van der Waals surface area contributed by atoms with Crippen LogP contribution < -0.4 is 5.73 Å². The van der Waals surface area contributed by atoms with Crippen LogP contribution in [-0.4, -0.2) is 64.0 Å². The minimum absolute atomic E-state index is 0.0203. The summed E-state index contributed by atoms with van der Waals surface area (Å²) in [5.41, 5.74) is 5.91. The summed E-state index contributed by atoms with van der Waals surface area (Å²) in [5, 5.41) is 0. The van der Waals surface area contributed by atoms with E-state index in [0.717, 1.165) is 0 Å². The van der Waals surface area contributed by atoms with Gasteiger partial charge in [-0.15, -0.1) is 0 Å². The van der Waals surface area contributed by atoms with Gasteiger partial charge in [-0.05, 0) is 12.3 Å². The van der Waals surface area contributed by atoms with Crippen molar-refractivity contribution in [1.29, 1.82) is 0 Å². The van der Waals surface area contributed by atoms with Crippen molar-refractivity contribution < 1.29 is 13.2 Å². The smallest absolute Gasteiger partial charge is 0.281 e. The lowest BCUT2D eigenvalue weighted by atomic mass is 10.0. The summed E-state index contributed by atoms with van der Waals surface area (Å²) in [6.45, 7) is 5.22. The van der Waals surface area contributed by atoms with E-state index in [9.17, 15) is 8.42 Å². The lowest BCUT2D eigenvalue weighted by Gasteiger charge is -2.25. The summed E-state index contributed by atoms with van der Waals surface area (Å²) in [6.07, 6.45) is 0.658. The molecule has 0 radical (unpaired) electrons. The van der Waals surface area contributed by atoms with Crippen LogP contribution in [-0.2, 0) is 14.9 Å². The first-order valence-electron chi connectivity index (χ1n) is 6.15. The first-order valence-corrected chi connectivity index (χ1v) is 7.55. The van der Waals surface area contributed by atoms with Crippen molar-refractivity contribution in [2.24, 2.45) is 11.7 Å². The Kier molecular flexibility index (Phi) is 7.97. The molecule has 0 aliphatic rings. The van der Waals surface area contributed by atoms with Crippen molar-refractivity contribution in [3.8, 4) is 0 Å². The van der Waals surface area contributed by atoms with E-state index in [2.05, 4.69) is 0 Å². The van der Waals surface area contributed by atoms with Crippen LogP contribution in [0, 0.1) is 5.92 Å². The Morgan fingerprint density at radius 3 is 2.11 bits per heavy atom. The molecule has 0 aliphatic heterocycles. The highest BCUT2D eigenvalue weighted by Gasteiger charge is 2.23. The molecule has 0 bridgehead atoms. The molecule has 0 aromatic carbocycles. The van der Waals surface area contributed by atoms with Gasteiger partial charge in [-0.2, -0.15) is 17.0 Å². The molecule has 0 saturated heterocycles. The number of hydrogen-bond donors (Lipinski definition) is 1. The minimum atomic E-state index is -3.40. The number of likely N-dealkylation sites (N-methyl/N-ethyl adjacent to an activating group) is 1. The third-order valence-electron chi connectivity index (χ3n) is 3.03. The fourth-order valence-electron chi connectivity index (χ4n) is 1.35. The van der Waals surface area contributed by atoms with Crippen LogP contribution in [0.1, 0.15) is 20.3 Å². The highest BCUT2D eigenvalue weighted by molar-refractivity contribution is 7.86. The SMILES string of the molecule is COCCN(C)S(=O)(=O)N(C)CCC(N)C(C)C. The van der Waals surface area contributed by atoms with Crippen molar-refractivity contribution in [2.75, 3.05) is 40.9 Å². The maximum absolute atomic E-state index is 12.1. The number of ether oxygens (including phenoxy) is 1. The van der Waals surface area contributed by atoms with Gasteiger partial charge in [-0.3, -0.25) is 0 Å². The van der Waals surface area contributed by atoms with Crippen molar-refractivity contribution in [1.82, 2.24) is 8.61 Å². The third-order valence-corrected chi connectivity index (χ3v) is 4.97. The van der Waals surface area contributed by atoms with Gasteiger partial charge in [0.05, 0.1) is 6.61 Å². The highest BCUT2D eigenvalue weighted by Crippen LogP contribution is 2.08. The van der Waals surface area contributed by atoms with E-state index in [1.165, 1.54) is 8.61 Å². The fraction of sp³-hybridized carbons (Fsp3) is 1.00. The molecule has 6 nitrogen and oxygen atoms in total. The average molecular weight is 281 g/mol. The lowest BCUT2D eigenvalue weighted by molar-refractivity contribution is 0.183. The standard InChI is InChI=1S/C11H27N3O3S/c1-10(2)11(12)6-7-13(3)18(15,16)14(4)8-9-17-5/h10-11H,6-9,12H2,1-5H3. The van der Waals surface area contributed by atoms with Gasteiger partial charge in [-0.1, -0.05) is 13.8 Å². The Bertz CT molecular complexity index is 319. The van der Waals surface area contributed by atoms with E-state index in [0.29, 0.717) is 32.0 Å². The molecule has 0 spiro atoms. The molecule has 1 unspecified atom stereocenters. The quantitative estimate of drug-likeness (QED) is 0.651. The maximum Gasteiger partial charge on any atom is 0.281 e. The van der Waals surface area contributed by atoms with Gasteiger partial charge in [0.15, 0.2) is 0 Å². The third kappa shape index (κ3) is 5.62. The Balaban J connectivity index is 4.34. The zero-order valence-corrected chi connectivity index (χ0v) is 12.9. The van der Waals surface area contributed by atoms with Crippen LogP contribution >= 0.6 is 0 Å². The molecule has 0 amide bonds. The number of nitrogens with zero attached hydrogens (tertiary/aromatic N) is 2.